The summed E-state index contributed by atoms with van der Waals surface area (Å²) in [5.41, 5.74) is 1.25. The summed E-state index contributed by atoms with van der Waals surface area (Å²) in [5.74, 6) is -0.203. The van der Waals surface area contributed by atoms with Crippen molar-refractivity contribution in [1.82, 2.24) is 5.32 Å². The highest BCUT2D eigenvalue weighted by Gasteiger charge is 2.06. The van der Waals surface area contributed by atoms with E-state index in [9.17, 15) is 4.39 Å². The fourth-order valence-corrected chi connectivity index (χ4v) is 3.21. The lowest BCUT2D eigenvalue weighted by Gasteiger charge is -2.13. The van der Waals surface area contributed by atoms with E-state index >= 15 is 0 Å². The topological polar surface area (TPSA) is 12.0 Å². The van der Waals surface area contributed by atoms with Gasteiger partial charge in [0.1, 0.15) is 5.82 Å². The Balaban J connectivity index is 2.20. The molecule has 0 saturated carbocycles. The molecule has 0 saturated heterocycles. The SMILES string of the molecule is CC(C)NCc1ccc(Br)cc1Sc1ccc(F)cc1. The molecule has 1 N–H and O–H groups in total. The maximum absolute atomic E-state index is 13.0. The van der Waals surface area contributed by atoms with E-state index < -0.39 is 0 Å². The first kappa shape index (κ1) is 15.5. The van der Waals surface area contributed by atoms with Crippen LogP contribution in [0.25, 0.3) is 0 Å². The zero-order chi connectivity index (χ0) is 14.5. The first-order valence-electron chi connectivity index (χ1n) is 6.50. The van der Waals surface area contributed by atoms with Crippen LogP contribution in [-0.2, 0) is 6.54 Å². The van der Waals surface area contributed by atoms with Crippen LogP contribution in [0.1, 0.15) is 19.4 Å². The number of hydrogen-bond acceptors (Lipinski definition) is 2. The quantitative estimate of drug-likeness (QED) is 0.788. The molecule has 0 fully saturated rings. The van der Waals surface area contributed by atoms with Gasteiger partial charge < -0.3 is 5.32 Å². The van der Waals surface area contributed by atoms with Gasteiger partial charge in [-0.1, -0.05) is 47.6 Å². The van der Waals surface area contributed by atoms with Crippen molar-refractivity contribution < 1.29 is 4.39 Å². The maximum atomic E-state index is 13.0. The third-order valence-corrected chi connectivity index (χ3v) is 4.37. The van der Waals surface area contributed by atoms with E-state index in [2.05, 4.69) is 47.2 Å². The maximum Gasteiger partial charge on any atom is 0.123 e. The molecule has 0 aromatic heterocycles. The predicted molar refractivity (Wildman–Crippen MR) is 86.6 cm³/mol. The summed E-state index contributed by atoms with van der Waals surface area (Å²) in [6.45, 7) is 5.09. The van der Waals surface area contributed by atoms with E-state index in [1.165, 1.54) is 22.6 Å². The highest BCUT2D eigenvalue weighted by Crippen LogP contribution is 2.32. The van der Waals surface area contributed by atoms with Crippen LogP contribution >= 0.6 is 27.7 Å². The van der Waals surface area contributed by atoms with Gasteiger partial charge in [-0.05, 0) is 42.0 Å². The molecule has 0 radical (unpaired) electrons. The second-order valence-electron chi connectivity index (χ2n) is 4.84. The van der Waals surface area contributed by atoms with Crippen LogP contribution in [0.5, 0.6) is 0 Å². The summed E-state index contributed by atoms with van der Waals surface area (Å²) < 4.78 is 14.0. The first-order valence-corrected chi connectivity index (χ1v) is 8.11. The minimum absolute atomic E-state index is 0.203. The van der Waals surface area contributed by atoms with Gasteiger partial charge in [-0.25, -0.2) is 4.39 Å². The molecule has 0 aliphatic rings. The molecule has 0 aliphatic heterocycles. The van der Waals surface area contributed by atoms with E-state index in [1.54, 1.807) is 23.9 Å². The molecule has 20 heavy (non-hydrogen) atoms. The van der Waals surface area contributed by atoms with Crippen molar-refractivity contribution >= 4 is 27.7 Å². The number of nitrogens with one attached hydrogen (secondary N) is 1. The zero-order valence-corrected chi connectivity index (χ0v) is 13.9. The molecule has 0 atom stereocenters. The minimum Gasteiger partial charge on any atom is -0.310 e. The summed E-state index contributed by atoms with van der Waals surface area (Å²) in [5, 5.41) is 3.43. The van der Waals surface area contributed by atoms with Crippen LogP contribution in [0.4, 0.5) is 4.39 Å². The molecule has 2 rings (SSSR count). The molecule has 106 valence electrons. The molecule has 0 bridgehead atoms. The summed E-state index contributed by atoms with van der Waals surface area (Å²) in [6.07, 6.45) is 0. The van der Waals surface area contributed by atoms with Crippen LogP contribution < -0.4 is 5.32 Å². The van der Waals surface area contributed by atoms with Crippen molar-refractivity contribution in [3.8, 4) is 0 Å². The van der Waals surface area contributed by atoms with E-state index in [0.29, 0.717) is 6.04 Å². The molecule has 1 nitrogen and oxygen atoms in total. The van der Waals surface area contributed by atoms with Crippen molar-refractivity contribution in [3.05, 3.63) is 58.3 Å². The highest BCUT2D eigenvalue weighted by atomic mass is 79.9. The molecule has 2 aromatic carbocycles. The van der Waals surface area contributed by atoms with E-state index in [4.69, 9.17) is 0 Å². The Morgan fingerprint density at radius 2 is 1.85 bits per heavy atom. The van der Waals surface area contributed by atoms with Gasteiger partial charge in [0, 0.05) is 26.9 Å². The molecule has 0 spiro atoms. The van der Waals surface area contributed by atoms with Gasteiger partial charge >= 0.3 is 0 Å². The molecule has 0 unspecified atom stereocenters. The smallest absolute Gasteiger partial charge is 0.123 e. The van der Waals surface area contributed by atoms with Crippen molar-refractivity contribution in [3.63, 3.8) is 0 Å². The van der Waals surface area contributed by atoms with Gasteiger partial charge in [0.2, 0.25) is 0 Å². The highest BCUT2D eigenvalue weighted by molar-refractivity contribution is 9.10. The van der Waals surface area contributed by atoms with Gasteiger partial charge in [-0.15, -0.1) is 0 Å². The van der Waals surface area contributed by atoms with Crippen LogP contribution in [0.15, 0.2) is 56.7 Å². The molecule has 2 aromatic rings. The van der Waals surface area contributed by atoms with E-state index in [1.807, 2.05) is 6.07 Å². The monoisotopic (exact) mass is 353 g/mol. The molecule has 4 heteroatoms. The average molecular weight is 354 g/mol. The predicted octanol–water partition coefficient (Wildman–Crippen LogP) is 5.24. The van der Waals surface area contributed by atoms with Crippen LogP contribution in [0.3, 0.4) is 0 Å². The Morgan fingerprint density at radius 3 is 2.50 bits per heavy atom. The average Bonchev–Trinajstić information content (AvgIpc) is 2.40. The number of rotatable bonds is 5. The minimum atomic E-state index is -0.203. The second-order valence-corrected chi connectivity index (χ2v) is 6.87. The Morgan fingerprint density at radius 1 is 1.15 bits per heavy atom. The summed E-state index contributed by atoms with van der Waals surface area (Å²) in [6, 6.07) is 13.3. The Hall–Kier alpha value is -0.840. The molecule has 0 heterocycles. The Bertz CT molecular complexity index is 569. The van der Waals surface area contributed by atoms with E-state index in [-0.39, 0.29) is 5.82 Å². The molecule has 0 amide bonds. The number of hydrogen-bond donors (Lipinski definition) is 1. The van der Waals surface area contributed by atoms with Crippen molar-refractivity contribution in [2.45, 2.75) is 36.2 Å². The summed E-state index contributed by atoms with van der Waals surface area (Å²) in [4.78, 5) is 2.22. The third-order valence-electron chi connectivity index (χ3n) is 2.77. The lowest BCUT2D eigenvalue weighted by molar-refractivity contribution is 0.584. The standard InChI is InChI=1S/C16H17BrFNS/c1-11(2)19-10-12-3-4-13(17)9-16(12)20-15-7-5-14(18)6-8-15/h3-9,11,19H,10H2,1-2H3. The van der Waals surface area contributed by atoms with Crippen molar-refractivity contribution in [1.29, 1.82) is 0 Å². The number of halogens is 2. The lowest BCUT2D eigenvalue weighted by Crippen LogP contribution is -2.22. The van der Waals surface area contributed by atoms with Gasteiger partial charge in [-0.2, -0.15) is 0 Å². The summed E-state index contributed by atoms with van der Waals surface area (Å²) >= 11 is 5.16. The van der Waals surface area contributed by atoms with Crippen LogP contribution in [0.2, 0.25) is 0 Å². The van der Waals surface area contributed by atoms with Crippen LogP contribution in [-0.4, -0.2) is 6.04 Å². The Labute approximate surface area is 132 Å². The normalized spacial score (nSPS) is 11.1. The van der Waals surface area contributed by atoms with Gasteiger partial charge in [0.25, 0.3) is 0 Å². The first-order chi connectivity index (χ1) is 9.54. The molecular formula is C16H17BrFNS. The van der Waals surface area contributed by atoms with Crippen molar-refractivity contribution in [2.24, 2.45) is 0 Å². The third kappa shape index (κ3) is 4.62. The molecular weight excluding hydrogens is 337 g/mol. The summed E-state index contributed by atoms with van der Waals surface area (Å²) in [7, 11) is 0. The lowest BCUT2D eigenvalue weighted by atomic mass is 10.2. The van der Waals surface area contributed by atoms with E-state index in [0.717, 1.165) is 15.9 Å². The Kier molecular flexibility index (Phi) is 5.64. The number of benzene rings is 2. The van der Waals surface area contributed by atoms with Gasteiger partial charge in [-0.3, -0.25) is 0 Å². The fraction of sp³-hybridized carbons (Fsp3) is 0.250. The molecule has 0 aliphatic carbocycles. The van der Waals surface area contributed by atoms with Crippen molar-refractivity contribution in [2.75, 3.05) is 0 Å². The van der Waals surface area contributed by atoms with Gasteiger partial charge in [0.05, 0.1) is 0 Å². The van der Waals surface area contributed by atoms with Crippen LogP contribution in [0, 0.1) is 5.82 Å². The fourth-order valence-electron chi connectivity index (χ4n) is 1.71. The van der Waals surface area contributed by atoms with Gasteiger partial charge in [0.15, 0.2) is 0 Å². The largest absolute Gasteiger partial charge is 0.310 e. The second kappa shape index (κ2) is 7.25. The zero-order valence-electron chi connectivity index (χ0n) is 11.5.